The summed E-state index contributed by atoms with van der Waals surface area (Å²) in [6, 6.07) is 0. The van der Waals surface area contributed by atoms with Crippen LogP contribution in [0.25, 0.3) is 0 Å². The highest BCUT2D eigenvalue weighted by molar-refractivity contribution is 9.10. The predicted octanol–water partition coefficient (Wildman–Crippen LogP) is 2.20. The molecular weight excluding hydrogens is 258 g/mol. The highest BCUT2D eigenvalue weighted by Gasteiger charge is 2.21. The summed E-state index contributed by atoms with van der Waals surface area (Å²) in [5, 5.41) is 13.0. The molecule has 0 aliphatic heterocycles. The number of rotatable bonds is 5. The maximum absolute atomic E-state index is 10.0. The molecule has 1 aromatic heterocycles. The van der Waals surface area contributed by atoms with Crippen LogP contribution < -0.4 is 5.32 Å². The molecule has 0 aliphatic rings. The zero-order valence-electron chi connectivity index (χ0n) is 9.00. The first kappa shape index (κ1) is 12.4. The van der Waals surface area contributed by atoms with Gasteiger partial charge in [0.25, 0.3) is 0 Å². The molecule has 15 heavy (non-hydrogen) atoms. The third-order valence-electron chi connectivity index (χ3n) is 2.51. The Morgan fingerprint density at radius 2 is 1.87 bits per heavy atom. The van der Waals surface area contributed by atoms with E-state index < -0.39 is 5.60 Å². The minimum Gasteiger partial charge on any atom is -0.388 e. The van der Waals surface area contributed by atoms with Crippen LogP contribution in [0.5, 0.6) is 0 Å². The van der Waals surface area contributed by atoms with E-state index in [1.54, 1.807) is 12.4 Å². The standard InChI is InChI=1S/C10H16BrN3O/c1-3-10(15,4-2)7-14-9-12-5-8(11)6-13-9/h5-6,15H,3-4,7H2,1-2H3,(H,12,13,14). The second-order valence-electron chi connectivity index (χ2n) is 3.51. The third-order valence-corrected chi connectivity index (χ3v) is 2.92. The van der Waals surface area contributed by atoms with Crippen LogP contribution in [-0.2, 0) is 0 Å². The zero-order valence-corrected chi connectivity index (χ0v) is 10.6. The molecular formula is C10H16BrN3O. The van der Waals surface area contributed by atoms with Crippen molar-refractivity contribution in [3.8, 4) is 0 Å². The molecule has 0 bridgehead atoms. The summed E-state index contributed by atoms with van der Waals surface area (Å²) >= 11 is 3.26. The number of hydrogen-bond acceptors (Lipinski definition) is 4. The average molecular weight is 274 g/mol. The molecule has 5 heteroatoms. The van der Waals surface area contributed by atoms with Crippen LogP contribution in [0.15, 0.2) is 16.9 Å². The first-order valence-electron chi connectivity index (χ1n) is 5.03. The average Bonchev–Trinajstić information content (AvgIpc) is 2.28. The first-order chi connectivity index (χ1) is 7.09. The molecule has 1 aromatic rings. The zero-order chi connectivity index (χ0) is 11.3. The fourth-order valence-electron chi connectivity index (χ4n) is 1.15. The maximum atomic E-state index is 10.0. The monoisotopic (exact) mass is 273 g/mol. The van der Waals surface area contributed by atoms with Gasteiger partial charge in [-0.1, -0.05) is 13.8 Å². The molecule has 4 nitrogen and oxygen atoms in total. The Hall–Kier alpha value is -0.680. The summed E-state index contributed by atoms with van der Waals surface area (Å²) in [6.45, 7) is 4.41. The minimum absolute atomic E-state index is 0.474. The number of nitrogens with one attached hydrogen (secondary N) is 1. The fourth-order valence-corrected chi connectivity index (χ4v) is 1.35. The van der Waals surface area contributed by atoms with Gasteiger partial charge in [0.15, 0.2) is 0 Å². The van der Waals surface area contributed by atoms with Gasteiger partial charge in [0, 0.05) is 18.9 Å². The second-order valence-corrected chi connectivity index (χ2v) is 4.43. The molecule has 0 aliphatic carbocycles. The molecule has 0 aromatic carbocycles. The van der Waals surface area contributed by atoms with Gasteiger partial charge < -0.3 is 10.4 Å². The van der Waals surface area contributed by atoms with Crippen LogP contribution >= 0.6 is 15.9 Å². The van der Waals surface area contributed by atoms with Crippen LogP contribution in [-0.4, -0.2) is 27.2 Å². The maximum Gasteiger partial charge on any atom is 0.222 e. The van der Waals surface area contributed by atoms with Crippen molar-refractivity contribution in [2.24, 2.45) is 0 Å². The molecule has 0 unspecified atom stereocenters. The van der Waals surface area contributed by atoms with Crippen molar-refractivity contribution in [3.05, 3.63) is 16.9 Å². The normalized spacial score (nSPS) is 11.5. The fraction of sp³-hybridized carbons (Fsp3) is 0.600. The van der Waals surface area contributed by atoms with Crippen LogP contribution in [0, 0.1) is 0 Å². The van der Waals surface area contributed by atoms with Crippen molar-refractivity contribution in [1.29, 1.82) is 0 Å². The SMILES string of the molecule is CCC(O)(CC)CNc1ncc(Br)cn1. The Kier molecular flexibility index (Phi) is 4.47. The summed E-state index contributed by atoms with van der Waals surface area (Å²) in [5.41, 5.74) is -0.670. The minimum atomic E-state index is -0.670. The van der Waals surface area contributed by atoms with Crippen LogP contribution in [0.3, 0.4) is 0 Å². The van der Waals surface area contributed by atoms with Crippen LogP contribution in [0.1, 0.15) is 26.7 Å². The second kappa shape index (κ2) is 5.42. The van der Waals surface area contributed by atoms with E-state index >= 15 is 0 Å². The van der Waals surface area contributed by atoms with Crippen molar-refractivity contribution in [2.75, 3.05) is 11.9 Å². The number of halogens is 1. The van der Waals surface area contributed by atoms with Gasteiger partial charge in [-0.25, -0.2) is 9.97 Å². The molecule has 0 spiro atoms. The van der Waals surface area contributed by atoms with Crippen molar-refractivity contribution in [1.82, 2.24) is 9.97 Å². The third kappa shape index (κ3) is 3.76. The Morgan fingerprint density at radius 3 is 2.33 bits per heavy atom. The summed E-state index contributed by atoms with van der Waals surface area (Å²) in [6.07, 6.45) is 4.78. The number of hydrogen-bond donors (Lipinski definition) is 2. The summed E-state index contributed by atoms with van der Waals surface area (Å²) in [7, 11) is 0. The number of nitrogens with zero attached hydrogens (tertiary/aromatic N) is 2. The Labute approximate surface area is 98.3 Å². The summed E-state index contributed by atoms with van der Waals surface area (Å²) in [5.74, 6) is 0.540. The molecule has 0 fully saturated rings. The highest BCUT2D eigenvalue weighted by Crippen LogP contribution is 2.15. The number of aromatic nitrogens is 2. The molecule has 84 valence electrons. The van der Waals surface area contributed by atoms with Gasteiger partial charge in [0.2, 0.25) is 5.95 Å². The lowest BCUT2D eigenvalue weighted by Crippen LogP contribution is -2.35. The van der Waals surface area contributed by atoms with E-state index in [0.717, 1.165) is 4.47 Å². The molecule has 1 rings (SSSR count). The molecule has 0 saturated heterocycles. The molecule has 2 N–H and O–H groups in total. The van der Waals surface area contributed by atoms with Gasteiger partial charge in [-0.05, 0) is 28.8 Å². The molecule has 0 amide bonds. The number of anilines is 1. The molecule has 0 atom stereocenters. The molecule has 0 saturated carbocycles. The molecule has 1 heterocycles. The van der Waals surface area contributed by atoms with Gasteiger partial charge in [-0.3, -0.25) is 0 Å². The van der Waals surface area contributed by atoms with E-state index in [2.05, 4.69) is 31.2 Å². The predicted molar refractivity (Wildman–Crippen MR) is 63.8 cm³/mol. The van der Waals surface area contributed by atoms with E-state index in [9.17, 15) is 5.11 Å². The van der Waals surface area contributed by atoms with Gasteiger partial charge in [0.05, 0.1) is 10.1 Å². The van der Waals surface area contributed by atoms with E-state index in [4.69, 9.17) is 0 Å². The Morgan fingerprint density at radius 1 is 1.33 bits per heavy atom. The van der Waals surface area contributed by atoms with Crippen LogP contribution in [0.4, 0.5) is 5.95 Å². The molecule has 0 radical (unpaired) electrons. The lowest BCUT2D eigenvalue weighted by atomic mass is 9.98. The van der Waals surface area contributed by atoms with E-state index in [1.807, 2.05) is 13.8 Å². The Balaban J connectivity index is 2.53. The van der Waals surface area contributed by atoms with E-state index in [0.29, 0.717) is 25.3 Å². The number of aliphatic hydroxyl groups is 1. The van der Waals surface area contributed by atoms with Crippen molar-refractivity contribution < 1.29 is 5.11 Å². The smallest absolute Gasteiger partial charge is 0.222 e. The van der Waals surface area contributed by atoms with Crippen molar-refractivity contribution >= 4 is 21.9 Å². The van der Waals surface area contributed by atoms with Gasteiger partial charge in [-0.15, -0.1) is 0 Å². The van der Waals surface area contributed by atoms with Gasteiger partial charge in [0.1, 0.15) is 0 Å². The lowest BCUT2D eigenvalue weighted by molar-refractivity contribution is 0.0455. The van der Waals surface area contributed by atoms with Crippen molar-refractivity contribution in [2.45, 2.75) is 32.3 Å². The largest absolute Gasteiger partial charge is 0.388 e. The van der Waals surface area contributed by atoms with Crippen molar-refractivity contribution in [3.63, 3.8) is 0 Å². The van der Waals surface area contributed by atoms with Crippen LogP contribution in [0.2, 0.25) is 0 Å². The quantitative estimate of drug-likeness (QED) is 0.864. The summed E-state index contributed by atoms with van der Waals surface area (Å²) < 4.78 is 0.842. The highest BCUT2D eigenvalue weighted by atomic mass is 79.9. The Bertz CT molecular complexity index is 298. The topological polar surface area (TPSA) is 58.0 Å². The van der Waals surface area contributed by atoms with Gasteiger partial charge in [-0.2, -0.15) is 0 Å². The lowest BCUT2D eigenvalue weighted by Gasteiger charge is -2.25. The summed E-state index contributed by atoms with van der Waals surface area (Å²) in [4.78, 5) is 8.14. The van der Waals surface area contributed by atoms with E-state index in [1.165, 1.54) is 0 Å². The van der Waals surface area contributed by atoms with E-state index in [-0.39, 0.29) is 0 Å². The first-order valence-corrected chi connectivity index (χ1v) is 5.82. The van der Waals surface area contributed by atoms with Gasteiger partial charge >= 0.3 is 0 Å².